The number of halogens is 1. The van der Waals surface area contributed by atoms with Crippen LogP contribution in [0.3, 0.4) is 0 Å². The molecule has 2 aromatic carbocycles. The minimum absolute atomic E-state index is 0.186. The third-order valence-corrected chi connectivity index (χ3v) is 6.57. The molecule has 1 aromatic heterocycles. The largest absolute Gasteiger partial charge is 0.462 e. The molecular formula is C21H17BrN2OS. The van der Waals surface area contributed by atoms with Crippen molar-refractivity contribution in [3.8, 4) is 5.75 Å². The molecule has 26 heavy (non-hydrogen) atoms. The predicted octanol–water partition coefficient (Wildman–Crippen LogP) is 5.93. The van der Waals surface area contributed by atoms with Crippen LogP contribution >= 0.6 is 27.3 Å². The Bertz CT molecular complexity index is 984. The van der Waals surface area contributed by atoms with Crippen molar-refractivity contribution in [3.63, 3.8) is 0 Å². The Morgan fingerprint density at radius 1 is 1.12 bits per heavy atom. The number of ether oxygens (including phenoxy) is 1. The highest BCUT2D eigenvalue weighted by Crippen LogP contribution is 2.50. The summed E-state index contributed by atoms with van der Waals surface area (Å²) in [6, 6.07) is 21.1. The third-order valence-electron chi connectivity index (χ3n) is 5.12. The van der Waals surface area contributed by atoms with E-state index in [1.807, 2.05) is 6.07 Å². The van der Waals surface area contributed by atoms with Crippen LogP contribution in [-0.4, -0.2) is 10.7 Å². The molecule has 3 heterocycles. The van der Waals surface area contributed by atoms with E-state index in [1.54, 1.807) is 11.3 Å². The first kappa shape index (κ1) is 16.1. The quantitative estimate of drug-likeness (QED) is 0.509. The minimum Gasteiger partial charge on any atom is -0.462 e. The van der Waals surface area contributed by atoms with Crippen LogP contribution in [0.5, 0.6) is 5.75 Å². The van der Waals surface area contributed by atoms with E-state index < -0.39 is 5.72 Å². The number of nitrogens with zero attached hydrogens (tertiary/aromatic N) is 2. The molecule has 3 aromatic rings. The number of para-hydroxylation sites is 1. The molecule has 2 atom stereocenters. The topological polar surface area (TPSA) is 24.8 Å². The number of rotatable bonds is 2. The fraction of sp³-hybridized carbons (Fsp3) is 0.190. The summed E-state index contributed by atoms with van der Waals surface area (Å²) in [5, 5.41) is 9.28. The van der Waals surface area contributed by atoms with Gasteiger partial charge in [-0.1, -0.05) is 52.3 Å². The molecule has 3 nitrogen and oxygen atoms in total. The molecule has 0 radical (unpaired) electrons. The van der Waals surface area contributed by atoms with Crippen molar-refractivity contribution in [1.82, 2.24) is 5.01 Å². The van der Waals surface area contributed by atoms with Crippen LogP contribution in [0.15, 0.2) is 75.6 Å². The van der Waals surface area contributed by atoms with Crippen LogP contribution in [0, 0.1) is 0 Å². The Morgan fingerprint density at radius 3 is 2.69 bits per heavy atom. The van der Waals surface area contributed by atoms with Gasteiger partial charge in [-0.2, -0.15) is 5.10 Å². The van der Waals surface area contributed by atoms with Gasteiger partial charge in [-0.25, -0.2) is 5.01 Å². The molecule has 5 rings (SSSR count). The predicted molar refractivity (Wildman–Crippen MR) is 109 cm³/mol. The van der Waals surface area contributed by atoms with Gasteiger partial charge in [0.15, 0.2) is 0 Å². The zero-order chi connectivity index (χ0) is 17.7. The van der Waals surface area contributed by atoms with Crippen LogP contribution in [-0.2, 0) is 5.72 Å². The Kier molecular flexibility index (Phi) is 3.69. The summed E-state index contributed by atoms with van der Waals surface area (Å²) < 4.78 is 7.59. The Hall–Kier alpha value is -2.11. The molecule has 130 valence electrons. The van der Waals surface area contributed by atoms with Gasteiger partial charge in [-0.3, -0.25) is 0 Å². The molecule has 0 saturated carbocycles. The van der Waals surface area contributed by atoms with E-state index in [1.165, 1.54) is 10.4 Å². The SMILES string of the molecule is CC1(c2ccc(Br)cc2)Oc2ccccc2C2CC(c3cccs3)=NN21. The van der Waals surface area contributed by atoms with Crippen LogP contribution in [0.4, 0.5) is 0 Å². The molecule has 2 aliphatic heterocycles. The van der Waals surface area contributed by atoms with Crippen molar-refractivity contribution >= 4 is 33.0 Å². The molecule has 2 aliphatic rings. The molecule has 0 aliphatic carbocycles. The highest BCUT2D eigenvalue weighted by Gasteiger charge is 2.48. The first-order valence-corrected chi connectivity index (χ1v) is 10.3. The van der Waals surface area contributed by atoms with Gasteiger partial charge in [-0.05, 0) is 29.6 Å². The number of hydrazone groups is 1. The summed E-state index contributed by atoms with van der Waals surface area (Å²) in [4.78, 5) is 1.23. The standard InChI is InChI=1S/C21H17BrN2OS/c1-21(14-8-10-15(22)11-9-14)24-18(16-5-2-3-6-19(16)25-21)13-17(23-24)20-7-4-12-26-20/h2-12,18H,13H2,1H3. The maximum Gasteiger partial charge on any atom is 0.221 e. The van der Waals surface area contributed by atoms with Gasteiger partial charge in [0.1, 0.15) is 5.75 Å². The maximum absolute atomic E-state index is 6.53. The van der Waals surface area contributed by atoms with Gasteiger partial charge < -0.3 is 4.74 Å². The van der Waals surface area contributed by atoms with E-state index in [0.717, 1.165) is 27.9 Å². The number of fused-ring (bicyclic) bond motifs is 3. The smallest absolute Gasteiger partial charge is 0.221 e. The first-order chi connectivity index (χ1) is 12.6. The number of hydrogen-bond acceptors (Lipinski definition) is 4. The Morgan fingerprint density at radius 2 is 1.92 bits per heavy atom. The number of benzene rings is 2. The van der Waals surface area contributed by atoms with E-state index in [4.69, 9.17) is 9.84 Å². The summed E-state index contributed by atoms with van der Waals surface area (Å²) >= 11 is 5.26. The Balaban J connectivity index is 1.66. The van der Waals surface area contributed by atoms with Gasteiger partial charge in [0.05, 0.1) is 16.6 Å². The van der Waals surface area contributed by atoms with Crippen molar-refractivity contribution < 1.29 is 4.74 Å². The molecule has 0 fully saturated rings. The van der Waals surface area contributed by atoms with Crippen LogP contribution in [0.25, 0.3) is 0 Å². The first-order valence-electron chi connectivity index (χ1n) is 8.60. The van der Waals surface area contributed by atoms with E-state index >= 15 is 0 Å². The molecule has 0 N–H and O–H groups in total. The molecule has 0 bridgehead atoms. The zero-order valence-corrected chi connectivity index (χ0v) is 16.6. The lowest BCUT2D eigenvalue weighted by atomic mass is 9.93. The monoisotopic (exact) mass is 424 g/mol. The number of hydrogen-bond donors (Lipinski definition) is 0. The maximum atomic E-state index is 6.53. The van der Waals surface area contributed by atoms with Crippen LogP contribution in [0.1, 0.15) is 35.4 Å². The van der Waals surface area contributed by atoms with Crippen molar-refractivity contribution in [2.75, 3.05) is 0 Å². The molecule has 2 unspecified atom stereocenters. The zero-order valence-electron chi connectivity index (χ0n) is 14.2. The van der Waals surface area contributed by atoms with Gasteiger partial charge in [0.2, 0.25) is 5.72 Å². The highest BCUT2D eigenvalue weighted by atomic mass is 79.9. The van der Waals surface area contributed by atoms with E-state index in [0.29, 0.717) is 0 Å². The van der Waals surface area contributed by atoms with E-state index in [-0.39, 0.29) is 6.04 Å². The molecule has 5 heteroatoms. The summed E-state index contributed by atoms with van der Waals surface area (Å²) in [6.45, 7) is 2.11. The Labute approximate surface area is 165 Å². The summed E-state index contributed by atoms with van der Waals surface area (Å²) in [6.07, 6.45) is 0.896. The van der Waals surface area contributed by atoms with Crippen molar-refractivity contribution in [2.24, 2.45) is 5.10 Å². The normalized spacial score (nSPS) is 23.8. The third kappa shape index (κ3) is 2.42. The van der Waals surface area contributed by atoms with E-state index in [2.05, 4.69) is 87.8 Å². The van der Waals surface area contributed by atoms with Gasteiger partial charge in [0.25, 0.3) is 0 Å². The second-order valence-corrected chi connectivity index (χ2v) is 8.58. The molecule has 0 spiro atoms. The minimum atomic E-state index is -0.640. The van der Waals surface area contributed by atoms with Gasteiger partial charge in [0, 0.05) is 28.9 Å². The van der Waals surface area contributed by atoms with E-state index in [9.17, 15) is 0 Å². The second-order valence-electron chi connectivity index (χ2n) is 6.72. The molecule has 0 amide bonds. The molecular weight excluding hydrogens is 408 g/mol. The highest BCUT2D eigenvalue weighted by molar-refractivity contribution is 9.10. The van der Waals surface area contributed by atoms with Crippen molar-refractivity contribution in [2.45, 2.75) is 25.1 Å². The van der Waals surface area contributed by atoms with Gasteiger partial charge >= 0.3 is 0 Å². The van der Waals surface area contributed by atoms with Crippen LogP contribution < -0.4 is 4.74 Å². The summed E-state index contributed by atoms with van der Waals surface area (Å²) in [7, 11) is 0. The summed E-state index contributed by atoms with van der Waals surface area (Å²) in [5.74, 6) is 0.946. The average molecular weight is 425 g/mol. The fourth-order valence-corrected chi connectivity index (χ4v) is 4.78. The lowest BCUT2D eigenvalue weighted by Gasteiger charge is -2.46. The average Bonchev–Trinajstić information content (AvgIpc) is 3.32. The van der Waals surface area contributed by atoms with Crippen LogP contribution in [0.2, 0.25) is 0 Å². The lowest BCUT2D eigenvalue weighted by molar-refractivity contribution is -0.112. The van der Waals surface area contributed by atoms with Gasteiger partial charge in [-0.15, -0.1) is 11.3 Å². The summed E-state index contributed by atoms with van der Waals surface area (Å²) in [5.41, 5.74) is 2.79. The van der Waals surface area contributed by atoms with Crippen molar-refractivity contribution in [1.29, 1.82) is 0 Å². The lowest BCUT2D eigenvalue weighted by Crippen LogP contribution is -2.48. The van der Waals surface area contributed by atoms with Crippen molar-refractivity contribution in [3.05, 3.63) is 86.5 Å². The number of thiophene rings is 1. The molecule has 0 saturated heterocycles. The fourth-order valence-electron chi connectivity index (χ4n) is 3.80. The second kappa shape index (κ2) is 5.96.